The van der Waals surface area contributed by atoms with Crippen molar-refractivity contribution < 1.29 is 14.3 Å². The summed E-state index contributed by atoms with van der Waals surface area (Å²) < 4.78 is 5.33. The highest BCUT2D eigenvalue weighted by atomic mass is 16.5. The van der Waals surface area contributed by atoms with Crippen molar-refractivity contribution in [2.75, 3.05) is 25.1 Å². The van der Waals surface area contributed by atoms with Crippen LogP contribution in [0.3, 0.4) is 0 Å². The van der Waals surface area contributed by atoms with Gasteiger partial charge >= 0.3 is 0 Å². The predicted octanol–water partition coefficient (Wildman–Crippen LogP) is 1.21. The summed E-state index contributed by atoms with van der Waals surface area (Å²) in [7, 11) is 1.68. The topological polar surface area (TPSA) is 72.6 Å². The molecule has 102 valence electrons. The second kappa shape index (κ2) is 5.40. The highest BCUT2D eigenvalue weighted by molar-refractivity contribution is 6.02. The number of fused-ring (bicyclic) bond motifs is 1. The molecule has 1 aromatic carbocycles. The Labute approximate surface area is 112 Å². The number of hydrogen-bond acceptors (Lipinski definition) is 4. The average molecular weight is 262 g/mol. The van der Waals surface area contributed by atoms with E-state index < -0.39 is 0 Å². The molecule has 0 saturated carbocycles. The number of hydrogen-bond donors (Lipinski definition) is 1. The van der Waals surface area contributed by atoms with Crippen molar-refractivity contribution >= 4 is 17.4 Å². The molecule has 0 aliphatic carbocycles. The van der Waals surface area contributed by atoms with Crippen LogP contribution in [-0.2, 0) is 4.79 Å². The van der Waals surface area contributed by atoms with Crippen LogP contribution in [0.5, 0.6) is 5.75 Å². The van der Waals surface area contributed by atoms with Gasteiger partial charge in [-0.1, -0.05) is 6.92 Å². The summed E-state index contributed by atoms with van der Waals surface area (Å²) in [5, 5.41) is 0. The summed E-state index contributed by atoms with van der Waals surface area (Å²) in [6.07, 6.45) is 0.706. The van der Waals surface area contributed by atoms with Crippen LogP contribution in [-0.4, -0.2) is 31.9 Å². The fraction of sp³-hybridized carbons (Fsp3) is 0.429. The molecule has 1 atom stereocenters. The third-order valence-electron chi connectivity index (χ3n) is 3.48. The molecule has 1 amide bonds. The summed E-state index contributed by atoms with van der Waals surface area (Å²) in [6.45, 7) is 2.31. The van der Waals surface area contributed by atoms with Crippen molar-refractivity contribution in [2.24, 2.45) is 11.7 Å². The number of Topliss-reactive ketones (excluding diaryl/α,β-unsaturated/α-hetero) is 1. The van der Waals surface area contributed by atoms with Crippen LogP contribution in [0.2, 0.25) is 0 Å². The molecule has 2 N–H and O–H groups in total. The molecule has 0 radical (unpaired) electrons. The Balaban J connectivity index is 2.35. The van der Waals surface area contributed by atoms with E-state index in [-0.39, 0.29) is 24.2 Å². The second-order valence-electron chi connectivity index (χ2n) is 4.63. The third kappa shape index (κ3) is 2.46. The molecule has 1 heterocycles. The lowest BCUT2D eigenvalue weighted by Gasteiger charge is -2.26. The van der Waals surface area contributed by atoms with E-state index >= 15 is 0 Å². The van der Waals surface area contributed by atoms with Crippen molar-refractivity contribution in [3.63, 3.8) is 0 Å². The number of benzene rings is 1. The van der Waals surface area contributed by atoms with E-state index in [1.165, 1.54) is 4.90 Å². The number of amides is 1. The zero-order valence-corrected chi connectivity index (χ0v) is 11.2. The number of rotatable bonds is 4. The maximum Gasteiger partial charge on any atom is 0.264 e. The highest BCUT2D eigenvalue weighted by Gasteiger charge is 2.24. The van der Waals surface area contributed by atoms with Crippen molar-refractivity contribution in [2.45, 2.75) is 13.3 Å². The SMILES string of the molecule is CCC(CN)C(=O)c1ccc2c(c1)N(C)C(=O)CO2. The molecule has 2 rings (SSSR count). The number of ketones is 1. The number of likely N-dealkylation sites (N-methyl/N-ethyl adjacent to an activating group) is 1. The van der Waals surface area contributed by atoms with Crippen molar-refractivity contribution in [3.05, 3.63) is 23.8 Å². The van der Waals surface area contributed by atoms with Gasteiger partial charge in [0.05, 0.1) is 5.69 Å². The van der Waals surface area contributed by atoms with Crippen LogP contribution in [0, 0.1) is 5.92 Å². The molecule has 19 heavy (non-hydrogen) atoms. The number of carbonyl (C=O) groups excluding carboxylic acids is 2. The lowest BCUT2D eigenvalue weighted by Crippen LogP contribution is -2.35. The van der Waals surface area contributed by atoms with Crippen LogP contribution >= 0.6 is 0 Å². The summed E-state index contributed by atoms with van der Waals surface area (Å²) in [5.41, 5.74) is 6.80. The number of carbonyl (C=O) groups is 2. The van der Waals surface area contributed by atoms with Crippen LogP contribution in [0.1, 0.15) is 23.7 Å². The van der Waals surface area contributed by atoms with E-state index in [9.17, 15) is 9.59 Å². The minimum Gasteiger partial charge on any atom is -0.482 e. The van der Waals surface area contributed by atoms with Gasteiger partial charge in [0.1, 0.15) is 5.75 Å². The number of ether oxygens (including phenoxy) is 1. The van der Waals surface area contributed by atoms with Gasteiger partial charge in [-0.25, -0.2) is 0 Å². The summed E-state index contributed by atoms with van der Waals surface area (Å²) in [4.78, 5) is 25.3. The molecule has 1 aliphatic heterocycles. The third-order valence-corrected chi connectivity index (χ3v) is 3.48. The Bertz CT molecular complexity index is 509. The van der Waals surface area contributed by atoms with Gasteiger partial charge < -0.3 is 15.4 Å². The van der Waals surface area contributed by atoms with Crippen molar-refractivity contribution in [3.8, 4) is 5.75 Å². The van der Waals surface area contributed by atoms with Crippen LogP contribution < -0.4 is 15.4 Å². The highest BCUT2D eigenvalue weighted by Crippen LogP contribution is 2.32. The van der Waals surface area contributed by atoms with E-state index in [1.54, 1.807) is 25.2 Å². The number of nitrogens with zero attached hydrogens (tertiary/aromatic N) is 1. The first kappa shape index (κ1) is 13.5. The molecule has 0 spiro atoms. The summed E-state index contributed by atoms with van der Waals surface area (Å²) in [5.74, 6) is 0.338. The molecule has 5 heteroatoms. The predicted molar refractivity (Wildman–Crippen MR) is 72.5 cm³/mol. The van der Waals surface area contributed by atoms with Crippen molar-refractivity contribution in [1.82, 2.24) is 0 Å². The zero-order valence-electron chi connectivity index (χ0n) is 11.2. The standard InChI is InChI=1S/C14H18N2O3/c1-3-9(7-15)14(18)10-4-5-12-11(6-10)16(2)13(17)8-19-12/h4-6,9H,3,7-8,15H2,1-2H3. The molecule has 0 bridgehead atoms. The van der Waals surface area contributed by atoms with Gasteiger partial charge in [-0.3, -0.25) is 9.59 Å². The smallest absolute Gasteiger partial charge is 0.264 e. The zero-order chi connectivity index (χ0) is 14.0. The Morgan fingerprint density at radius 1 is 1.53 bits per heavy atom. The summed E-state index contributed by atoms with van der Waals surface area (Å²) in [6, 6.07) is 5.16. The Kier molecular flexibility index (Phi) is 3.85. The van der Waals surface area contributed by atoms with Gasteiger partial charge in [-0.05, 0) is 24.6 Å². The first-order chi connectivity index (χ1) is 9.08. The normalized spacial score (nSPS) is 15.7. The largest absolute Gasteiger partial charge is 0.482 e. The van der Waals surface area contributed by atoms with Crippen LogP contribution in [0.4, 0.5) is 5.69 Å². The first-order valence-electron chi connectivity index (χ1n) is 6.36. The maximum absolute atomic E-state index is 12.3. The van der Waals surface area contributed by atoms with Gasteiger partial charge in [0.25, 0.3) is 5.91 Å². The maximum atomic E-state index is 12.3. The number of anilines is 1. The molecule has 0 fully saturated rings. The molecule has 0 aromatic heterocycles. The van der Waals surface area contributed by atoms with E-state index in [0.29, 0.717) is 30.0 Å². The summed E-state index contributed by atoms with van der Waals surface area (Å²) >= 11 is 0. The van der Waals surface area contributed by atoms with Gasteiger partial charge in [-0.2, -0.15) is 0 Å². The Morgan fingerprint density at radius 3 is 2.89 bits per heavy atom. The average Bonchev–Trinajstić information content (AvgIpc) is 2.44. The molecule has 1 unspecified atom stereocenters. The number of nitrogens with two attached hydrogens (primary N) is 1. The molecular formula is C14H18N2O3. The van der Waals surface area contributed by atoms with E-state index in [4.69, 9.17) is 10.5 Å². The van der Waals surface area contributed by atoms with Gasteiger partial charge in [0, 0.05) is 25.1 Å². The molecule has 1 aromatic rings. The van der Waals surface area contributed by atoms with Gasteiger partial charge in [0.15, 0.2) is 12.4 Å². The fourth-order valence-corrected chi connectivity index (χ4v) is 2.12. The molecular weight excluding hydrogens is 244 g/mol. The molecule has 5 nitrogen and oxygen atoms in total. The monoisotopic (exact) mass is 262 g/mol. The molecule has 0 saturated heterocycles. The van der Waals surface area contributed by atoms with E-state index in [0.717, 1.165) is 0 Å². The molecule has 1 aliphatic rings. The second-order valence-corrected chi connectivity index (χ2v) is 4.63. The quantitative estimate of drug-likeness (QED) is 0.828. The van der Waals surface area contributed by atoms with Gasteiger partial charge in [-0.15, -0.1) is 0 Å². The van der Waals surface area contributed by atoms with E-state index in [1.807, 2.05) is 6.92 Å². The Hall–Kier alpha value is -1.88. The van der Waals surface area contributed by atoms with E-state index in [2.05, 4.69) is 0 Å². The van der Waals surface area contributed by atoms with Crippen LogP contribution in [0.15, 0.2) is 18.2 Å². The minimum atomic E-state index is -0.177. The lowest BCUT2D eigenvalue weighted by atomic mass is 9.95. The Morgan fingerprint density at radius 2 is 2.26 bits per heavy atom. The first-order valence-corrected chi connectivity index (χ1v) is 6.36. The van der Waals surface area contributed by atoms with Crippen LogP contribution in [0.25, 0.3) is 0 Å². The minimum absolute atomic E-state index is 0.0132. The lowest BCUT2D eigenvalue weighted by molar-refractivity contribution is -0.120. The van der Waals surface area contributed by atoms with Crippen molar-refractivity contribution in [1.29, 1.82) is 0 Å². The van der Waals surface area contributed by atoms with Gasteiger partial charge in [0.2, 0.25) is 0 Å². The fourth-order valence-electron chi connectivity index (χ4n) is 2.12.